The number of aliphatic hydroxyl groups is 1. The molecule has 0 saturated heterocycles. The minimum atomic E-state index is -0.682. The lowest BCUT2D eigenvalue weighted by Gasteiger charge is -2.11. The third-order valence-corrected chi connectivity index (χ3v) is 3.40. The second-order valence-electron chi connectivity index (χ2n) is 5.07. The first-order valence-electron chi connectivity index (χ1n) is 6.64. The van der Waals surface area contributed by atoms with Gasteiger partial charge >= 0.3 is 0 Å². The third kappa shape index (κ3) is 3.36. The Bertz CT molecular complexity index is 606. The van der Waals surface area contributed by atoms with E-state index in [1.807, 2.05) is 25.1 Å². The van der Waals surface area contributed by atoms with E-state index in [0.717, 1.165) is 5.56 Å². The molecule has 3 heteroatoms. The molecule has 0 heterocycles. The highest BCUT2D eigenvalue weighted by molar-refractivity contribution is 5.32. The van der Waals surface area contributed by atoms with Crippen molar-refractivity contribution in [1.82, 2.24) is 0 Å². The van der Waals surface area contributed by atoms with Crippen LogP contribution in [0.4, 0.5) is 4.39 Å². The maximum atomic E-state index is 13.8. The van der Waals surface area contributed by atoms with Crippen LogP contribution in [0.5, 0.6) is 5.75 Å². The summed E-state index contributed by atoms with van der Waals surface area (Å²) in [6, 6.07) is 10.6. The minimum Gasteiger partial charge on any atom is -0.486 e. The van der Waals surface area contributed by atoms with E-state index in [9.17, 15) is 9.50 Å². The molecule has 0 aromatic heterocycles. The van der Waals surface area contributed by atoms with Gasteiger partial charge in [-0.25, -0.2) is 4.39 Å². The summed E-state index contributed by atoms with van der Waals surface area (Å²) < 4.78 is 19.3. The highest BCUT2D eigenvalue weighted by Gasteiger charge is 2.08. The SMILES string of the molecule is Cc1ccc(COc2ccc([C@H](C)O)cc2F)cc1C. The molecule has 0 unspecified atom stereocenters. The van der Waals surface area contributed by atoms with E-state index in [1.54, 1.807) is 19.1 Å². The van der Waals surface area contributed by atoms with Crippen molar-refractivity contribution in [3.63, 3.8) is 0 Å². The molecule has 2 aromatic carbocycles. The van der Waals surface area contributed by atoms with Crippen LogP contribution in [0.3, 0.4) is 0 Å². The lowest BCUT2D eigenvalue weighted by Crippen LogP contribution is -2.00. The smallest absolute Gasteiger partial charge is 0.165 e. The van der Waals surface area contributed by atoms with Gasteiger partial charge in [0.25, 0.3) is 0 Å². The van der Waals surface area contributed by atoms with Crippen LogP contribution in [0.2, 0.25) is 0 Å². The normalized spacial score (nSPS) is 12.2. The first kappa shape index (κ1) is 14.5. The summed E-state index contributed by atoms with van der Waals surface area (Å²) in [5.74, 6) is -0.250. The maximum Gasteiger partial charge on any atom is 0.165 e. The predicted molar refractivity (Wildman–Crippen MR) is 77.3 cm³/mol. The van der Waals surface area contributed by atoms with Crippen LogP contribution in [0.1, 0.15) is 35.3 Å². The van der Waals surface area contributed by atoms with Crippen molar-refractivity contribution in [3.05, 3.63) is 64.5 Å². The molecule has 0 aliphatic carbocycles. The van der Waals surface area contributed by atoms with Crippen molar-refractivity contribution >= 4 is 0 Å². The lowest BCUT2D eigenvalue weighted by atomic mass is 10.1. The number of rotatable bonds is 4. The fourth-order valence-electron chi connectivity index (χ4n) is 1.95. The Balaban J connectivity index is 2.09. The summed E-state index contributed by atoms with van der Waals surface area (Å²) in [5.41, 5.74) is 3.96. The van der Waals surface area contributed by atoms with Crippen molar-refractivity contribution in [2.75, 3.05) is 0 Å². The summed E-state index contributed by atoms with van der Waals surface area (Å²) in [4.78, 5) is 0. The van der Waals surface area contributed by atoms with Crippen LogP contribution in [-0.4, -0.2) is 5.11 Å². The summed E-state index contributed by atoms with van der Waals surface area (Å²) in [6.45, 7) is 6.02. The van der Waals surface area contributed by atoms with Crippen molar-refractivity contribution in [3.8, 4) is 5.75 Å². The Labute approximate surface area is 118 Å². The molecule has 1 atom stereocenters. The highest BCUT2D eigenvalue weighted by Crippen LogP contribution is 2.23. The Hall–Kier alpha value is -1.87. The van der Waals surface area contributed by atoms with Gasteiger partial charge in [-0.3, -0.25) is 0 Å². The van der Waals surface area contributed by atoms with E-state index in [2.05, 4.69) is 6.92 Å². The van der Waals surface area contributed by atoms with Crippen LogP contribution in [0.25, 0.3) is 0 Å². The quantitative estimate of drug-likeness (QED) is 0.910. The Kier molecular flexibility index (Phi) is 4.40. The molecule has 0 spiro atoms. The van der Waals surface area contributed by atoms with Gasteiger partial charge in [0, 0.05) is 0 Å². The molecular weight excluding hydrogens is 255 g/mol. The van der Waals surface area contributed by atoms with Crippen LogP contribution >= 0.6 is 0 Å². The zero-order valence-electron chi connectivity index (χ0n) is 12.0. The maximum absolute atomic E-state index is 13.8. The van der Waals surface area contributed by atoms with Gasteiger partial charge in [0.1, 0.15) is 6.61 Å². The number of benzene rings is 2. The summed E-state index contributed by atoms with van der Waals surface area (Å²) in [5, 5.41) is 9.40. The van der Waals surface area contributed by atoms with E-state index >= 15 is 0 Å². The fraction of sp³-hybridized carbons (Fsp3) is 0.294. The second kappa shape index (κ2) is 6.06. The Morgan fingerprint density at radius 3 is 2.45 bits per heavy atom. The largest absolute Gasteiger partial charge is 0.486 e. The number of hydrogen-bond donors (Lipinski definition) is 1. The zero-order chi connectivity index (χ0) is 14.7. The number of hydrogen-bond acceptors (Lipinski definition) is 2. The molecule has 106 valence electrons. The van der Waals surface area contributed by atoms with Gasteiger partial charge in [0.05, 0.1) is 6.10 Å². The summed E-state index contributed by atoms with van der Waals surface area (Å²) in [6.07, 6.45) is -0.682. The topological polar surface area (TPSA) is 29.5 Å². The summed E-state index contributed by atoms with van der Waals surface area (Å²) >= 11 is 0. The van der Waals surface area contributed by atoms with E-state index in [-0.39, 0.29) is 5.75 Å². The Morgan fingerprint density at radius 2 is 1.85 bits per heavy atom. The van der Waals surface area contributed by atoms with Crippen LogP contribution < -0.4 is 4.74 Å². The molecular formula is C17H19FO2. The van der Waals surface area contributed by atoms with Gasteiger partial charge in [-0.15, -0.1) is 0 Å². The van der Waals surface area contributed by atoms with Crippen LogP contribution in [-0.2, 0) is 6.61 Å². The molecule has 2 rings (SSSR count). The average Bonchev–Trinajstić information content (AvgIpc) is 2.41. The van der Waals surface area contributed by atoms with Crippen molar-refractivity contribution in [1.29, 1.82) is 0 Å². The number of aryl methyl sites for hydroxylation is 2. The average molecular weight is 274 g/mol. The molecule has 0 radical (unpaired) electrons. The minimum absolute atomic E-state index is 0.202. The monoisotopic (exact) mass is 274 g/mol. The molecule has 2 aromatic rings. The van der Waals surface area contributed by atoms with Crippen molar-refractivity contribution in [2.45, 2.75) is 33.5 Å². The van der Waals surface area contributed by atoms with E-state index in [1.165, 1.54) is 17.2 Å². The molecule has 0 amide bonds. The Morgan fingerprint density at radius 1 is 1.10 bits per heavy atom. The predicted octanol–water partition coefficient (Wildman–Crippen LogP) is 4.07. The van der Waals surface area contributed by atoms with E-state index in [4.69, 9.17) is 4.74 Å². The van der Waals surface area contributed by atoms with E-state index < -0.39 is 11.9 Å². The van der Waals surface area contributed by atoms with Crippen LogP contribution in [0.15, 0.2) is 36.4 Å². The highest BCUT2D eigenvalue weighted by atomic mass is 19.1. The molecule has 0 aliphatic rings. The van der Waals surface area contributed by atoms with Crippen molar-refractivity contribution in [2.24, 2.45) is 0 Å². The second-order valence-corrected chi connectivity index (χ2v) is 5.07. The molecule has 0 aliphatic heterocycles. The summed E-state index contributed by atoms with van der Waals surface area (Å²) in [7, 11) is 0. The molecule has 0 saturated carbocycles. The van der Waals surface area contributed by atoms with Gasteiger partial charge in [-0.05, 0) is 55.2 Å². The number of ether oxygens (including phenoxy) is 1. The van der Waals surface area contributed by atoms with Gasteiger partial charge in [0.2, 0.25) is 0 Å². The van der Waals surface area contributed by atoms with Gasteiger partial charge in [0.15, 0.2) is 11.6 Å². The third-order valence-electron chi connectivity index (χ3n) is 3.40. The van der Waals surface area contributed by atoms with Crippen molar-refractivity contribution < 1.29 is 14.2 Å². The van der Waals surface area contributed by atoms with Gasteiger partial charge < -0.3 is 9.84 Å². The van der Waals surface area contributed by atoms with Gasteiger partial charge in [-0.1, -0.05) is 24.3 Å². The first-order valence-corrected chi connectivity index (χ1v) is 6.64. The molecule has 0 fully saturated rings. The molecule has 1 N–H and O–H groups in total. The molecule has 2 nitrogen and oxygen atoms in total. The molecule has 20 heavy (non-hydrogen) atoms. The first-order chi connectivity index (χ1) is 9.47. The number of halogens is 1. The zero-order valence-corrected chi connectivity index (χ0v) is 12.0. The fourth-order valence-corrected chi connectivity index (χ4v) is 1.95. The number of aliphatic hydroxyl groups excluding tert-OH is 1. The molecule has 0 bridgehead atoms. The lowest BCUT2D eigenvalue weighted by molar-refractivity contribution is 0.198. The van der Waals surface area contributed by atoms with Crippen LogP contribution in [0, 0.1) is 19.7 Å². The van der Waals surface area contributed by atoms with Gasteiger partial charge in [-0.2, -0.15) is 0 Å². The standard InChI is InChI=1S/C17H19FO2/c1-11-4-5-14(8-12(11)2)10-20-17-7-6-15(13(3)19)9-16(17)18/h4-9,13,19H,10H2,1-3H3/t13-/m0/s1. The van der Waals surface area contributed by atoms with E-state index in [0.29, 0.717) is 12.2 Å².